The third-order valence-electron chi connectivity index (χ3n) is 4.26. The molecule has 0 aliphatic rings. The maximum atomic E-state index is 12.7. The summed E-state index contributed by atoms with van der Waals surface area (Å²) >= 11 is 0. The van der Waals surface area contributed by atoms with E-state index in [1.54, 1.807) is 24.3 Å². The molecule has 3 aromatic carbocycles. The molecule has 0 aliphatic heterocycles. The fourth-order valence-electron chi connectivity index (χ4n) is 2.72. The van der Waals surface area contributed by atoms with Crippen molar-refractivity contribution >= 4 is 39.4 Å². The molecule has 0 radical (unpaired) electrons. The van der Waals surface area contributed by atoms with Crippen LogP contribution in [0.3, 0.4) is 0 Å². The van der Waals surface area contributed by atoms with E-state index in [1.165, 1.54) is 31.5 Å². The Morgan fingerprint density at radius 1 is 1.00 bits per heavy atom. The monoisotopic (exact) mass is 452 g/mol. The minimum absolute atomic E-state index is 0.0515. The van der Waals surface area contributed by atoms with Gasteiger partial charge in [-0.15, -0.1) is 0 Å². The Labute approximate surface area is 185 Å². The van der Waals surface area contributed by atoms with Gasteiger partial charge < -0.3 is 4.74 Å². The number of nitro benzene ring substituents is 1. The highest BCUT2D eigenvalue weighted by atomic mass is 32.2. The van der Waals surface area contributed by atoms with Crippen LogP contribution in [0.1, 0.15) is 5.56 Å². The van der Waals surface area contributed by atoms with Gasteiger partial charge >= 0.3 is 0 Å². The van der Waals surface area contributed by atoms with E-state index < -0.39 is 20.6 Å². The zero-order valence-corrected chi connectivity index (χ0v) is 17.8. The summed E-state index contributed by atoms with van der Waals surface area (Å²) in [7, 11) is -2.68. The first kappa shape index (κ1) is 22.5. The lowest BCUT2D eigenvalue weighted by Crippen LogP contribution is -2.14. The number of anilines is 2. The van der Waals surface area contributed by atoms with Crippen molar-refractivity contribution in [1.29, 1.82) is 0 Å². The zero-order valence-electron chi connectivity index (χ0n) is 17.0. The van der Waals surface area contributed by atoms with Gasteiger partial charge in [0.2, 0.25) is 0 Å². The molecule has 0 fully saturated rings. The summed E-state index contributed by atoms with van der Waals surface area (Å²) in [5.74, 6) is 0.321. The zero-order chi connectivity index (χ0) is 23.0. The van der Waals surface area contributed by atoms with Crippen molar-refractivity contribution in [3.63, 3.8) is 0 Å². The van der Waals surface area contributed by atoms with Gasteiger partial charge in [0, 0.05) is 12.3 Å². The minimum atomic E-state index is -4.09. The lowest BCUT2D eigenvalue weighted by atomic mass is 10.2. The summed E-state index contributed by atoms with van der Waals surface area (Å²) in [6.45, 7) is 0. The van der Waals surface area contributed by atoms with E-state index in [-0.39, 0.29) is 16.3 Å². The number of benzene rings is 3. The molecule has 0 heterocycles. The molecular weight excluding hydrogens is 432 g/mol. The second-order valence-electron chi connectivity index (χ2n) is 6.40. The summed E-state index contributed by atoms with van der Waals surface area (Å²) in [4.78, 5) is 10.5. The van der Waals surface area contributed by atoms with E-state index >= 15 is 0 Å². The van der Waals surface area contributed by atoms with E-state index in [1.807, 2.05) is 36.4 Å². The van der Waals surface area contributed by atoms with Crippen molar-refractivity contribution in [2.75, 3.05) is 17.3 Å². The van der Waals surface area contributed by atoms with Crippen LogP contribution >= 0.6 is 0 Å². The fraction of sp³-hybridized carbons (Fsp3) is 0.0455. The van der Waals surface area contributed by atoms with Gasteiger partial charge in [-0.1, -0.05) is 48.5 Å². The molecule has 0 saturated carbocycles. The van der Waals surface area contributed by atoms with Crippen LogP contribution in [0.2, 0.25) is 0 Å². The van der Waals surface area contributed by atoms with Gasteiger partial charge in [-0.2, -0.15) is 5.10 Å². The lowest BCUT2D eigenvalue weighted by Gasteiger charge is -2.12. The van der Waals surface area contributed by atoms with Gasteiger partial charge in [-0.3, -0.25) is 20.3 Å². The number of para-hydroxylation sites is 2. The molecule has 0 amide bonds. The highest BCUT2D eigenvalue weighted by Gasteiger charge is 2.22. The van der Waals surface area contributed by atoms with Gasteiger partial charge in [0.25, 0.3) is 15.7 Å². The maximum absolute atomic E-state index is 12.7. The van der Waals surface area contributed by atoms with Crippen molar-refractivity contribution in [2.45, 2.75) is 4.90 Å². The Balaban J connectivity index is 1.78. The molecule has 0 saturated heterocycles. The van der Waals surface area contributed by atoms with Crippen LogP contribution in [-0.2, 0) is 10.0 Å². The van der Waals surface area contributed by atoms with Crippen LogP contribution in [0, 0.1) is 10.1 Å². The number of hydrogen-bond acceptors (Lipinski definition) is 7. The van der Waals surface area contributed by atoms with Crippen LogP contribution in [0.15, 0.2) is 88.9 Å². The number of hydrazone groups is 1. The molecule has 3 aromatic rings. The van der Waals surface area contributed by atoms with Crippen molar-refractivity contribution in [2.24, 2.45) is 5.10 Å². The number of rotatable bonds is 9. The third-order valence-corrected chi connectivity index (χ3v) is 5.62. The standard InChI is InChI=1S/C22H20N4O5S/c1-31-22-12-6-5-11-20(22)25-32(29,30)18-13-14-19(21(16-18)26(27)28)24-23-15-7-10-17-8-3-2-4-9-17/h2-16,24-25H,1H3/b10-7+,23-15-. The molecule has 9 nitrogen and oxygen atoms in total. The average molecular weight is 452 g/mol. The Kier molecular flexibility index (Phi) is 7.19. The third kappa shape index (κ3) is 5.70. The average Bonchev–Trinajstić information content (AvgIpc) is 2.79. The van der Waals surface area contributed by atoms with Gasteiger partial charge in [0.05, 0.1) is 22.6 Å². The number of sulfonamides is 1. The van der Waals surface area contributed by atoms with Crippen molar-refractivity contribution in [3.05, 3.63) is 94.6 Å². The predicted octanol–water partition coefficient (Wildman–Crippen LogP) is 4.52. The SMILES string of the molecule is COc1ccccc1NS(=O)(=O)c1ccc(N/N=C\C=C\c2ccccc2)c([N+](=O)[O-])c1. The number of ether oxygens (including phenoxy) is 1. The quantitative estimate of drug-likeness (QED) is 0.280. The van der Waals surface area contributed by atoms with E-state index in [0.29, 0.717) is 5.75 Å². The van der Waals surface area contributed by atoms with Gasteiger partial charge in [-0.25, -0.2) is 8.42 Å². The second-order valence-corrected chi connectivity index (χ2v) is 8.08. The predicted molar refractivity (Wildman–Crippen MR) is 124 cm³/mol. The van der Waals surface area contributed by atoms with Crippen molar-refractivity contribution in [1.82, 2.24) is 0 Å². The number of hydrogen-bond donors (Lipinski definition) is 2. The Hall–Kier alpha value is -4.18. The molecule has 32 heavy (non-hydrogen) atoms. The number of nitro groups is 1. The van der Waals surface area contributed by atoms with E-state index in [0.717, 1.165) is 11.6 Å². The summed E-state index contributed by atoms with van der Waals surface area (Å²) in [5, 5.41) is 15.4. The van der Waals surface area contributed by atoms with Gasteiger partial charge in [-0.05, 0) is 35.9 Å². The number of nitrogens with zero attached hydrogens (tertiary/aromatic N) is 2. The number of methoxy groups -OCH3 is 1. The molecule has 10 heteroatoms. The largest absolute Gasteiger partial charge is 0.495 e. The molecule has 0 aromatic heterocycles. The summed E-state index contributed by atoms with van der Waals surface area (Å²) in [6.07, 6.45) is 4.92. The summed E-state index contributed by atoms with van der Waals surface area (Å²) < 4.78 is 33.0. The van der Waals surface area contributed by atoms with Crippen LogP contribution in [-0.4, -0.2) is 26.7 Å². The Morgan fingerprint density at radius 2 is 1.72 bits per heavy atom. The first-order valence-corrected chi connectivity index (χ1v) is 10.8. The topological polar surface area (TPSA) is 123 Å². The molecule has 0 atom stereocenters. The Bertz CT molecular complexity index is 1260. The normalized spacial score (nSPS) is 11.5. The Morgan fingerprint density at radius 3 is 2.44 bits per heavy atom. The van der Waals surface area contributed by atoms with E-state index in [2.05, 4.69) is 15.2 Å². The second kappa shape index (κ2) is 10.2. The van der Waals surface area contributed by atoms with Crippen LogP contribution in [0.4, 0.5) is 17.1 Å². The fourth-order valence-corrected chi connectivity index (χ4v) is 3.81. The molecule has 3 rings (SSSR count). The number of nitrogens with one attached hydrogen (secondary N) is 2. The molecule has 2 N–H and O–H groups in total. The van der Waals surface area contributed by atoms with Crippen LogP contribution in [0.5, 0.6) is 5.75 Å². The summed E-state index contributed by atoms with van der Waals surface area (Å²) in [5.41, 5.74) is 3.38. The van der Waals surface area contributed by atoms with Crippen molar-refractivity contribution < 1.29 is 18.1 Å². The molecule has 164 valence electrons. The van der Waals surface area contributed by atoms with Crippen molar-refractivity contribution in [3.8, 4) is 5.75 Å². The maximum Gasteiger partial charge on any atom is 0.295 e. The molecule has 0 bridgehead atoms. The van der Waals surface area contributed by atoms with Gasteiger partial charge in [0.15, 0.2) is 0 Å². The van der Waals surface area contributed by atoms with Crippen LogP contribution < -0.4 is 14.9 Å². The van der Waals surface area contributed by atoms with Crippen LogP contribution in [0.25, 0.3) is 6.08 Å². The molecular formula is C22H20N4O5S. The molecule has 0 aliphatic carbocycles. The first-order chi connectivity index (χ1) is 15.4. The van der Waals surface area contributed by atoms with Gasteiger partial charge in [0.1, 0.15) is 11.4 Å². The number of allylic oxidation sites excluding steroid dienone is 1. The smallest absolute Gasteiger partial charge is 0.295 e. The summed E-state index contributed by atoms with van der Waals surface area (Å²) in [6, 6.07) is 19.5. The highest BCUT2D eigenvalue weighted by Crippen LogP contribution is 2.30. The highest BCUT2D eigenvalue weighted by molar-refractivity contribution is 7.92. The van der Waals surface area contributed by atoms with E-state index in [9.17, 15) is 18.5 Å². The minimum Gasteiger partial charge on any atom is -0.495 e. The molecule has 0 unspecified atom stereocenters. The lowest BCUT2D eigenvalue weighted by molar-refractivity contribution is -0.384. The van der Waals surface area contributed by atoms with E-state index in [4.69, 9.17) is 4.74 Å². The molecule has 0 spiro atoms. The first-order valence-electron chi connectivity index (χ1n) is 9.36.